The number of carbonyl (C=O) groups is 5. The average Bonchev–Trinajstić information content (AvgIpc) is 4.03. The minimum absolute atomic E-state index is 0.00393. The number of imide groups is 2. The number of rotatable bonds is 9. The number of fused-ring (bicyclic) bond motifs is 2. The quantitative estimate of drug-likeness (QED) is 0.0920. The molecule has 4 N–H and O–H groups in total. The summed E-state index contributed by atoms with van der Waals surface area (Å²) in [6, 6.07) is 7.82. The van der Waals surface area contributed by atoms with E-state index in [0.717, 1.165) is 37.1 Å². The Bertz CT molecular complexity index is 2550. The van der Waals surface area contributed by atoms with Gasteiger partial charge in [-0.05, 0) is 76.3 Å². The van der Waals surface area contributed by atoms with Gasteiger partial charge in [-0.15, -0.1) is 0 Å². The number of carbonyl (C=O) groups excluding carboxylic acids is 5. The maximum absolute atomic E-state index is 12.9. The predicted octanol–water partition coefficient (Wildman–Crippen LogP) is 4.46. The van der Waals surface area contributed by atoms with E-state index in [1.807, 2.05) is 18.2 Å². The highest BCUT2D eigenvalue weighted by Crippen LogP contribution is 2.35. The van der Waals surface area contributed by atoms with Crippen molar-refractivity contribution in [2.24, 2.45) is 0 Å². The highest BCUT2D eigenvalue weighted by molar-refractivity contribution is 6.30. The zero-order chi connectivity index (χ0) is 40.7. The van der Waals surface area contributed by atoms with Gasteiger partial charge in [0.1, 0.15) is 28.2 Å². The second-order valence-corrected chi connectivity index (χ2v) is 15.7. The van der Waals surface area contributed by atoms with Crippen molar-refractivity contribution in [2.45, 2.75) is 83.5 Å². The Balaban J connectivity index is 0.000000162. The number of pyridine rings is 1. The summed E-state index contributed by atoms with van der Waals surface area (Å²) in [7, 11) is 0. The third-order valence-corrected chi connectivity index (χ3v) is 9.49. The Kier molecular flexibility index (Phi) is 10.1. The number of anilines is 3. The van der Waals surface area contributed by atoms with Crippen LogP contribution in [-0.2, 0) is 30.5 Å². The minimum atomic E-state index is -0.651. The van der Waals surface area contributed by atoms with E-state index in [0.29, 0.717) is 57.8 Å². The van der Waals surface area contributed by atoms with Crippen LogP contribution in [0.25, 0.3) is 23.4 Å². The van der Waals surface area contributed by atoms with E-state index >= 15 is 0 Å². The van der Waals surface area contributed by atoms with E-state index < -0.39 is 17.6 Å². The molecule has 298 valence electrons. The van der Waals surface area contributed by atoms with E-state index in [2.05, 4.69) is 41.4 Å². The van der Waals surface area contributed by atoms with Gasteiger partial charge in [-0.25, -0.2) is 14.8 Å². The molecule has 0 aromatic carbocycles. The van der Waals surface area contributed by atoms with Crippen LogP contribution in [-0.4, -0.2) is 81.6 Å². The number of hydrogen-bond donors (Lipinski definition) is 4. The number of halogens is 1. The summed E-state index contributed by atoms with van der Waals surface area (Å²) in [6.07, 6.45) is 13.5. The molecule has 0 spiro atoms. The van der Waals surface area contributed by atoms with Crippen molar-refractivity contribution in [3.05, 3.63) is 82.0 Å². The fourth-order valence-corrected chi connectivity index (χ4v) is 6.48. The number of nitrogens with one attached hydrogen (secondary N) is 4. The van der Waals surface area contributed by atoms with E-state index in [9.17, 15) is 24.0 Å². The monoisotopic (exact) mass is 806 g/mol. The molecular weight excluding hydrogens is 768 g/mol. The average molecular weight is 807 g/mol. The summed E-state index contributed by atoms with van der Waals surface area (Å²) in [5, 5.41) is 20.3. The molecule has 5 aromatic rings. The second-order valence-electron chi connectivity index (χ2n) is 15.3. The van der Waals surface area contributed by atoms with Crippen molar-refractivity contribution in [1.82, 2.24) is 44.8 Å². The van der Waals surface area contributed by atoms with Gasteiger partial charge in [-0.3, -0.25) is 39.7 Å². The van der Waals surface area contributed by atoms with Gasteiger partial charge in [0.15, 0.2) is 11.3 Å². The fraction of sp³-hybridized carbons (Fsp3) is 0.333. The highest BCUT2D eigenvalue weighted by atomic mass is 35.5. The zero-order valence-corrected chi connectivity index (χ0v) is 32.5. The number of amides is 5. The zero-order valence-electron chi connectivity index (χ0n) is 31.8. The van der Waals surface area contributed by atoms with E-state index in [-0.39, 0.29) is 41.8 Å². The molecule has 58 heavy (non-hydrogen) atoms. The van der Waals surface area contributed by atoms with Crippen LogP contribution in [0.2, 0.25) is 5.15 Å². The van der Waals surface area contributed by atoms with Crippen molar-refractivity contribution >= 4 is 82.2 Å². The Morgan fingerprint density at radius 3 is 2.05 bits per heavy atom. The lowest BCUT2D eigenvalue weighted by atomic mass is 10.1. The maximum atomic E-state index is 12.9. The number of aromatic nitrogens is 7. The van der Waals surface area contributed by atoms with E-state index in [4.69, 9.17) is 21.3 Å². The van der Waals surface area contributed by atoms with Crippen LogP contribution < -0.4 is 26.2 Å². The Hall–Kier alpha value is -6.69. The third kappa shape index (κ3) is 8.66. The van der Waals surface area contributed by atoms with E-state index in [1.54, 1.807) is 67.0 Å². The molecule has 2 saturated carbocycles. The van der Waals surface area contributed by atoms with Gasteiger partial charge in [0.05, 0.1) is 25.2 Å². The van der Waals surface area contributed by atoms with Crippen molar-refractivity contribution in [3.63, 3.8) is 0 Å². The largest absolute Gasteiger partial charge is 0.443 e. The first-order valence-electron chi connectivity index (χ1n) is 18.7. The standard InChI is InChI=1S/C20H19N7O2.C19H20ClN5O4/c28-18-8-13(20(29)26-18)7-14-11-23-27-17(24-15-1-2-15)9-16(25-19(14)27)22-10-12-3-5-21-6-4-12;1-19(2,3)29-18(28)24(12-4-5-12)15-8-13(20)22-16-11(9-21-25(15)16)6-10-7-14(26)23-17(10)27/h3-7,9,11,15,24H,1-2,8,10H2,(H,22,25)(H,26,28,29);6,8-9,12H,4-5,7H2,1-3H3,(H,23,26,27)/b13-7+;10-6+. The van der Waals surface area contributed by atoms with Crippen LogP contribution in [0, 0.1) is 0 Å². The molecule has 2 aliphatic carbocycles. The summed E-state index contributed by atoms with van der Waals surface area (Å²) in [5.74, 6) is 0.530. The molecule has 4 aliphatic rings. The first-order chi connectivity index (χ1) is 27.8. The van der Waals surface area contributed by atoms with Gasteiger partial charge >= 0.3 is 6.09 Å². The van der Waals surface area contributed by atoms with Gasteiger partial charge in [0, 0.05) is 65.4 Å². The Morgan fingerprint density at radius 2 is 1.50 bits per heavy atom. The smallest absolute Gasteiger partial charge is 0.416 e. The predicted molar refractivity (Wildman–Crippen MR) is 212 cm³/mol. The van der Waals surface area contributed by atoms with Crippen molar-refractivity contribution < 1.29 is 28.7 Å². The summed E-state index contributed by atoms with van der Waals surface area (Å²) in [6.45, 7) is 6.02. The van der Waals surface area contributed by atoms with E-state index in [1.165, 1.54) is 10.7 Å². The van der Waals surface area contributed by atoms with Crippen LogP contribution in [0.5, 0.6) is 0 Å². The van der Waals surface area contributed by atoms with Gasteiger partial charge in [-0.2, -0.15) is 19.2 Å². The molecule has 5 amide bonds. The molecule has 0 bridgehead atoms. The molecule has 18 nitrogen and oxygen atoms in total. The van der Waals surface area contributed by atoms with Crippen molar-refractivity contribution in [2.75, 3.05) is 15.5 Å². The lowest BCUT2D eigenvalue weighted by Crippen LogP contribution is -2.39. The second kappa shape index (κ2) is 15.3. The number of nitrogens with zero attached hydrogens (tertiary/aromatic N) is 8. The Morgan fingerprint density at radius 1 is 0.897 bits per heavy atom. The van der Waals surface area contributed by atoms with Gasteiger partial charge in [-0.1, -0.05) is 11.6 Å². The van der Waals surface area contributed by atoms with Crippen molar-refractivity contribution in [1.29, 1.82) is 0 Å². The Labute approximate surface area is 336 Å². The van der Waals surface area contributed by atoms with Crippen LogP contribution >= 0.6 is 11.6 Å². The molecule has 0 atom stereocenters. The fourth-order valence-electron chi connectivity index (χ4n) is 6.30. The van der Waals surface area contributed by atoms with Gasteiger partial charge in [0.25, 0.3) is 11.8 Å². The number of hydrogen-bond acceptors (Lipinski definition) is 13. The van der Waals surface area contributed by atoms with Crippen LogP contribution in [0.15, 0.2) is 60.2 Å². The topological polar surface area (TPSA) is 219 Å². The molecule has 9 rings (SSSR count). The van der Waals surface area contributed by atoms with Crippen LogP contribution in [0.1, 0.15) is 76.0 Å². The molecule has 4 fully saturated rings. The summed E-state index contributed by atoms with van der Waals surface area (Å²) in [4.78, 5) is 74.1. The highest BCUT2D eigenvalue weighted by Gasteiger charge is 2.38. The molecule has 5 aromatic heterocycles. The van der Waals surface area contributed by atoms with Crippen LogP contribution in [0.3, 0.4) is 0 Å². The lowest BCUT2D eigenvalue weighted by Gasteiger charge is -2.27. The van der Waals surface area contributed by atoms with Crippen molar-refractivity contribution in [3.8, 4) is 0 Å². The molecule has 2 aliphatic heterocycles. The first-order valence-corrected chi connectivity index (χ1v) is 19.1. The summed E-state index contributed by atoms with van der Waals surface area (Å²) >= 11 is 6.24. The summed E-state index contributed by atoms with van der Waals surface area (Å²) < 4.78 is 8.79. The molecule has 0 radical (unpaired) electrons. The molecule has 2 saturated heterocycles. The lowest BCUT2D eigenvalue weighted by molar-refractivity contribution is -0.125. The van der Waals surface area contributed by atoms with Gasteiger partial charge in [0.2, 0.25) is 11.8 Å². The SMILES string of the molecule is CC(C)(C)OC(=O)N(c1cc(Cl)nc2c(/C=C3\CC(=O)NC3=O)cnn12)C1CC1.O=C1C/C(=C\c2cnn3c(NC4CC4)cc(NCc4ccncc4)nc23)C(=O)N1. The minimum Gasteiger partial charge on any atom is -0.443 e. The number of ether oxygens (including phenoxy) is 1. The first kappa shape index (κ1) is 38.2. The third-order valence-electron chi connectivity index (χ3n) is 9.30. The van der Waals surface area contributed by atoms with Crippen LogP contribution in [0.4, 0.5) is 22.2 Å². The molecule has 0 unspecified atom stereocenters. The molecule has 7 heterocycles. The van der Waals surface area contributed by atoms with Gasteiger partial charge < -0.3 is 15.4 Å². The molecular formula is C39H39ClN12O6. The normalized spacial score (nSPS) is 18.1. The summed E-state index contributed by atoms with van der Waals surface area (Å²) in [5.41, 5.74) is 3.38. The maximum Gasteiger partial charge on any atom is 0.416 e. The molecule has 19 heteroatoms.